The first kappa shape index (κ1) is 11.3. The summed E-state index contributed by atoms with van der Waals surface area (Å²) < 4.78 is 26.7. The number of para-hydroxylation sites is 1. The molecule has 0 bridgehead atoms. The van der Waals surface area contributed by atoms with Gasteiger partial charge < -0.3 is 0 Å². The summed E-state index contributed by atoms with van der Waals surface area (Å²) in [7, 11) is 0. The highest BCUT2D eigenvalue weighted by Crippen LogP contribution is 2.25. The maximum atomic E-state index is 12.8. The lowest BCUT2D eigenvalue weighted by Gasteiger charge is -2.10. The molecular weight excluding hydrogens is 226 g/mol. The van der Waals surface area contributed by atoms with Crippen LogP contribution in [0.4, 0.5) is 8.78 Å². The second kappa shape index (κ2) is 4.34. The maximum absolute atomic E-state index is 12.8. The first-order chi connectivity index (χ1) is 8.15. The summed E-state index contributed by atoms with van der Waals surface area (Å²) >= 11 is 0. The Balaban J connectivity index is 2.88. The minimum Gasteiger partial charge on any atom is -0.294 e. The van der Waals surface area contributed by atoms with Crippen LogP contribution in [0.2, 0.25) is 0 Å². The second-order valence-electron chi connectivity index (χ2n) is 3.50. The molecule has 0 saturated carbocycles. The van der Waals surface area contributed by atoms with Crippen molar-refractivity contribution in [3.63, 3.8) is 0 Å². The smallest absolute Gasteiger partial charge is 0.264 e. The fourth-order valence-electron chi connectivity index (χ4n) is 1.77. The number of hydrogen-bond donors (Lipinski definition) is 0. The molecule has 0 fully saturated rings. The Labute approximate surface area is 95.5 Å². The Morgan fingerprint density at radius 1 is 1.35 bits per heavy atom. The third-order valence-electron chi connectivity index (χ3n) is 2.51. The number of benzene rings is 1. The SMILES string of the molecule is N#CCn1c(=O)cc(C(F)F)c2ccccc21. The second-order valence-corrected chi connectivity index (χ2v) is 3.50. The molecule has 0 N–H and O–H groups in total. The summed E-state index contributed by atoms with van der Waals surface area (Å²) in [4.78, 5) is 11.6. The predicted octanol–water partition coefficient (Wildman–Crippen LogP) is 2.46. The lowest BCUT2D eigenvalue weighted by atomic mass is 10.1. The van der Waals surface area contributed by atoms with Crippen LogP contribution < -0.4 is 5.56 Å². The van der Waals surface area contributed by atoms with Crippen molar-refractivity contribution >= 4 is 10.9 Å². The molecule has 2 rings (SSSR count). The Morgan fingerprint density at radius 2 is 2.06 bits per heavy atom. The molecule has 0 unspecified atom stereocenters. The van der Waals surface area contributed by atoms with E-state index in [0.29, 0.717) is 10.9 Å². The minimum absolute atomic E-state index is 0.150. The molecule has 17 heavy (non-hydrogen) atoms. The van der Waals surface area contributed by atoms with E-state index in [9.17, 15) is 13.6 Å². The highest BCUT2D eigenvalue weighted by atomic mass is 19.3. The van der Waals surface area contributed by atoms with Gasteiger partial charge in [0, 0.05) is 17.0 Å². The van der Waals surface area contributed by atoms with Crippen LogP contribution in [0.1, 0.15) is 12.0 Å². The van der Waals surface area contributed by atoms with E-state index in [2.05, 4.69) is 0 Å². The summed E-state index contributed by atoms with van der Waals surface area (Å²) in [5.41, 5.74) is -0.516. The largest absolute Gasteiger partial charge is 0.294 e. The maximum Gasteiger partial charge on any atom is 0.264 e. The summed E-state index contributed by atoms with van der Waals surface area (Å²) in [5.74, 6) is 0. The van der Waals surface area contributed by atoms with Crippen LogP contribution >= 0.6 is 0 Å². The number of nitrogens with zero attached hydrogens (tertiary/aromatic N) is 2. The van der Waals surface area contributed by atoms with Gasteiger partial charge in [0.15, 0.2) is 0 Å². The van der Waals surface area contributed by atoms with Gasteiger partial charge in [0.25, 0.3) is 12.0 Å². The standard InChI is InChI=1S/C12H8F2N2O/c13-12(14)9-7-11(17)16(6-5-15)10-4-2-1-3-8(9)10/h1-4,7,12H,6H2. The number of fused-ring (bicyclic) bond motifs is 1. The lowest BCUT2D eigenvalue weighted by Crippen LogP contribution is -2.20. The molecule has 0 spiro atoms. The Morgan fingerprint density at radius 3 is 2.71 bits per heavy atom. The Hall–Kier alpha value is -2.22. The summed E-state index contributed by atoms with van der Waals surface area (Å²) in [5, 5.41) is 8.93. The van der Waals surface area contributed by atoms with Crippen LogP contribution in [0.5, 0.6) is 0 Å². The normalized spacial score (nSPS) is 10.7. The van der Waals surface area contributed by atoms with Gasteiger partial charge in [0.05, 0.1) is 11.6 Å². The molecule has 86 valence electrons. The molecule has 1 aromatic heterocycles. The van der Waals surface area contributed by atoms with Gasteiger partial charge in [0.1, 0.15) is 6.54 Å². The molecule has 0 radical (unpaired) electrons. The quantitative estimate of drug-likeness (QED) is 0.801. The van der Waals surface area contributed by atoms with Gasteiger partial charge in [0.2, 0.25) is 0 Å². The molecular formula is C12H8F2N2O. The molecule has 0 saturated heterocycles. The molecule has 0 aliphatic heterocycles. The van der Waals surface area contributed by atoms with E-state index in [0.717, 1.165) is 6.07 Å². The van der Waals surface area contributed by atoms with Crippen molar-refractivity contribution < 1.29 is 8.78 Å². The fourth-order valence-corrected chi connectivity index (χ4v) is 1.77. The number of alkyl halides is 2. The molecule has 1 aromatic carbocycles. The van der Waals surface area contributed by atoms with E-state index < -0.39 is 12.0 Å². The van der Waals surface area contributed by atoms with Crippen LogP contribution in [0.3, 0.4) is 0 Å². The van der Waals surface area contributed by atoms with E-state index in [1.807, 2.05) is 6.07 Å². The molecule has 1 heterocycles. The van der Waals surface area contributed by atoms with Gasteiger partial charge in [-0.15, -0.1) is 0 Å². The van der Waals surface area contributed by atoms with E-state index in [1.54, 1.807) is 18.2 Å². The Kier molecular flexibility index (Phi) is 2.88. The van der Waals surface area contributed by atoms with E-state index in [4.69, 9.17) is 5.26 Å². The third kappa shape index (κ3) is 1.89. The van der Waals surface area contributed by atoms with Gasteiger partial charge >= 0.3 is 0 Å². The van der Waals surface area contributed by atoms with Gasteiger partial charge in [-0.25, -0.2) is 8.78 Å². The number of rotatable bonds is 2. The zero-order valence-corrected chi connectivity index (χ0v) is 8.73. The van der Waals surface area contributed by atoms with Crippen molar-refractivity contribution in [1.29, 1.82) is 5.26 Å². The zero-order chi connectivity index (χ0) is 12.4. The van der Waals surface area contributed by atoms with Crippen molar-refractivity contribution in [3.8, 4) is 6.07 Å². The highest BCUT2D eigenvalue weighted by molar-refractivity contribution is 5.82. The molecule has 0 amide bonds. The van der Waals surface area contributed by atoms with Crippen molar-refractivity contribution in [2.24, 2.45) is 0 Å². The number of pyridine rings is 1. The van der Waals surface area contributed by atoms with Crippen molar-refractivity contribution in [2.75, 3.05) is 0 Å². The monoisotopic (exact) mass is 234 g/mol. The van der Waals surface area contributed by atoms with E-state index in [1.165, 1.54) is 10.6 Å². The summed E-state index contributed by atoms with van der Waals surface area (Å²) in [6.45, 7) is -0.150. The number of nitriles is 1. The number of aromatic nitrogens is 1. The van der Waals surface area contributed by atoms with Crippen molar-refractivity contribution in [3.05, 3.63) is 46.2 Å². The van der Waals surface area contributed by atoms with Crippen molar-refractivity contribution in [1.82, 2.24) is 4.57 Å². The highest BCUT2D eigenvalue weighted by Gasteiger charge is 2.15. The van der Waals surface area contributed by atoms with Gasteiger partial charge in [-0.2, -0.15) is 5.26 Å². The third-order valence-corrected chi connectivity index (χ3v) is 2.51. The number of halogens is 2. The molecule has 5 heteroatoms. The minimum atomic E-state index is -2.70. The molecule has 0 aliphatic carbocycles. The first-order valence-corrected chi connectivity index (χ1v) is 4.92. The fraction of sp³-hybridized carbons (Fsp3) is 0.167. The van der Waals surface area contributed by atoms with Crippen LogP contribution in [-0.4, -0.2) is 4.57 Å². The van der Waals surface area contributed by atoms with Crippen LogP contribution in [-0.2, 0) is 6.54 Å². The molecule has 0 atom stereocenters. The number of hydrogen-bond acceptors (Lipinski definition) is 2. The predicted molar refractivity (Wildman–Crippen MR) is 58.8 cm³/mol. The van der Waals surface area contributed by atoms with Crippen molar-refractivity contribution in [2.45, 2.75) is 13.0 Å². The zero-order valence-electron chi connectivity index (χ0n) is 8.73. The summed E-state index contributed by atoms with van der Waals surface area (Å²) in [6.07, 6.45) is -2.70. The average molecular weight is 234 g/mol. The molecule has 3 nitrogen and oxygen atoms in total. The van der Waals surface area contributed by atoms with Gasteiger partial charge in [-0.1, -0.05) is 18.2 Å². The first-order valence-electron chi connectivity index (χ1n) is 4.92. The molecule has 2 aromatic rings. The van der Waals surface area contributed by atoms with Crippen LogP contribution in [0, 0.1) is 11.3 Å². The van der Waals surface area contributed by atoms with Gasteiger partial charge in [-0.3, -0.25) is 9.36 Å². The summed E-state index contributed by atoms with van der Waals surface area (Å²) in [6, 6.07) is 9.07. The van der Waals surface area contributed by atoms with E-state index >= 15 is 0 Å². The van der Waals surface area contributed by atoms with Gasteiger partial charge in [-0.05, 0) is 6.07 Å². The molecule has 0 aliphatic rings. The Bertz CT molecular complexity index is 656. The lowest BCUT2D eigenvalue weighted by molar-refractivity contribution is 0.153. The topological polar surface area (TPSA) is 45.8 Å². The van der Waals surface area contributed by atoms with Crippen LogP contribution in [0.15, 0.2) is 35.1 Å². The van der Waals surface area contributed by atoms with E-state index in [-0.39, 0.29) is 12.1 Å². The average Bonchev–Trinajstić information content (AvgIpc) is 2.32. The van der Waals surface area contributed by atoms with Crippen LogP contribution in [0.25, 0.3) is 10.9 Å².